The van der Waals surface area contributed by atoms with E-state index < -0.39 is 162 Å². The third-order valence-electron chi connectivity index (χ3n) is 24.0. The van der Waals surface area contributed by atoms with Crippen LogP contribution in [0.5, 0.6) is 0 Å². The average molecular weight is 1740 g/mol. The molecule has 1 aliphatic carbocycles. The summed E-state index contributed by atoms with van der Waals surface area (Å²) in [5.41, 5.74) is 0. The fourth-order valence-electron chi connectivity index (χ4n) is 16.3. The van der Waals surface area contributed by atoms with E-state index in [0.717, 1.165) is 141 Å². The molecule has 3 fully saturated rings. The Kier molecular flexibility index (Phi) is 67.9. The number of aliphatic hydroxyl groups is 9. The van der Waals surface area contributed by atoms with Gasteiger partial charge in [-0.05, 0) is 51.4 Å². The van der Waals surface area contributed by atoms with E-state index in [1.54, 1.807) is 0 Å². The predicted molar refractivity (Wildman–Crippen MR) is 467 cm³/mol. The number of ether oxygens (including phenoxy) is 8. The zero-order chi connectivity index (χ0) is 87.5. The molecule has 120 heavy (non-hydrogen) atoms. The molecule has 2 aliphatic heterocycles. The molecule has 0 amide bonds. The molecule has 0 aromatic carbocycles. The fraction of sp³-hybridized carbons (Fsp3) is 0.936. The van der Waals surface area contributed by atoms with E-state index >= 15 is 0 Å². The van der Waals surface area contributed by atoms with Crippen molar-refractivity contribution in [1.29, 1.82) is 0 Å². The Hall–Kier alpha value is -2.79. The van der Waals surface area contributed by atoms with E-state index in [0.29, 0.717) is 32.1 Å². The number of rotatable bonds is 80. The minimum Gasteiger partial charge on any atom is -0.463 e. The maximum absolute atomic E-state index is 14.9. The lowest BCUT2D eigenvalue weighted by Crippen LogP contribution is -2.70. The van der Waals surface area contributed by atoms with Crippen LogP contribution in [0.2, 0.25) is 0 Å². The van der Waals surface area contributed by atoms with Crippen LogP contribution >= 0.6 is 7.82 Å². The van der Waals surface area contributed by atoms with Crippen LogP contribution < -0.4 is 0 Å². The van der Waals surface area contributed by atoms with Crippen molar-refractivity contribution in [1.82, 2.24) is 0 Å². The lowest BCUT2D eigenvalue weighted by Gasteiger charge is -2.50. The molecule has 0 aromatic heterocycles. The standard InChI is InChI=1S/C94H175O25P/c1-5-9-13-17-21-25-29-33-37-41-43-46-50-54-58-62-66-77(96)110-71-74(113-79(98)68-64-60-56-52-48-44-39-35-31-27-23-19-15-11-7-3)72-112-120(108,109)119-92-90(117-93-87(106)83(102)81(100)75(70-95)114-93)86(105)85(104)89(116-80(99)69-65-61-57-53-49-45-40-36-32-28-24-20-16-12-8-4)91(92)118-94-88(107)84(103)82(101)76(115-94)73-111-78(97)67-63-59-55-51-47-42-38-34-30-26-22-18-14-10-6-2/h28,32,74-76,81-95,100-107H,5-27,29-31,33-73H2,1-4H3,(H,108,109)/b32-28-. The first-order valence-electron chi connectivity index (χ1n) is 48.9. The van der Waals surface area contributed by atoms with E-state index in [1.807, 2.05) is 0 Å². The van der Waals surface area contributed by atoms with Gasteiger partial charge >= 0.3 is 31.7 Å². The molecule has 706 valence electrons. The topological polar surface area (TPSA) is 380 Å². The molecule has 3 rings (SSSR count). The number of hydrogen-bond acceptors (Lipinski definition) is 24. The molecule has 18 atom stereocenters. The molecular formula is C94H175O25P. The normalized spacial score (nSPS) is 24.7. The van der Waals surface area contributed by atoms with Gasteiger partial charge in [-0.3, -0.25) is 28.2 Å². The molecule has 0 spiro atoms. The number of unbranched alkanes of at least 4 members (excludes halogenated alkanes) is 54. The fourth-order valence-corrected chi connectivity index (χ4v) is 17.2. The summed E-state index contributed by atoms with van der Waals surface area (Å²) in [6.45, 7) is 5.64. The maximum Gasteiger partial charge on any atom is 0.472 e. The van der Waals surface area contributed by atoms with Crippen LogP contribution in [-0.4, -0.2) is 205 Å². The highest BCUT2D eigenvalue weighted by Crippen LogP contribution is 2.49. The molecule has 0 bridgehead atoms. The summed E-state index contributed by atoms with van der Waals surface area (Å²) in [6, 6.07) is 0. The number of carbonyl (C=O) groups excluding carboxylic acids is 4. The van der Waals surface area contributed by atoms with Crippen LogP contribution in [0.15, 0.2) is 12.2 Å². The summed E-state index contributed by atoms with van der Waals surface area (Å²) in [4.78, 5) is 66.6. The molecule has 26 heteroatoms. The molecule has 3 aliphatic rings. The Morgan fingerprint density at radius 2 is 0.625 bits per heavy atom. The van der Waals surface area contributed by atoms with Crippen LogP contribution in [0.4, 0.5) is 0 Å². The minimum absolute atomic E-state index is 0.0184. The summed E-state index contributed by atoms with van der Waals surface area (Å²) in [5.74, 6) is -2.95. The first-order chi connectivity index (χ1) is 58.2. The van der Waals surface area contributed by atoms with Crippen LogP contribution in [0.1, 0.15) is 432 Å². The summed E-state index contributed by atoms with van der Waals surface area (Å²) in [5, 5.41) is 102. The van der Waals surface area contributed by atoms with E-state index in [4.69, 9.17) is 46.9 Å². The van der Waals surface area contributed by atoms with Gasteiger partial charge in [0.05, 0.1) is 13.2 Å². The SMILES string of the molecule is CCCCCC/C=C\CCCCCCCCCC(=O)OC1C(O)C(O)C(OC2OC(CO)C(O)C(O)C2O)C(OP(=O)(O)OCC(COC(=O)CCCCCCCCCCCCCCCCCC)OC(=O)CCCCCCCCCCCCCCCCC)C1OC1OC(COC(=O)CCCCCCCCCCCCCCCCC)C(O)C(O)C1O. The number of hydrogen-bond donors (Lipinski definition) is 10. The van der Waals surface area contributed by atoms with Gasteiger partial charge in [-0.2, -0.15) is 0 Å². The first kappa shape index (κ1) is 111. The molecule has 1 saturated carbocycles. The number of phosphoric acid groups is 1. The Balaban J connectivity index is 1.90. The van der Waals surface area contributed by atoms with Crippen molar-refractivity contribution in [3.63, 3.8) is 0 Å². The third kappa shape index (κ3) is 52.5. The van der Waals surface area contributed by atoms with Crippen molar-refractivity contribution < 1.29 is 122 Å². The molecule has 25 nitrogen and oxygen atoms in total. The number of aliphatic hydroxyl groups excluding tert-OH is 9. The van der Waals surface area contributed by atoms with E-state index in [2.05, 4.69) is 39.8 Å². The average Bonchev–Trinajstić information content (AvgIpc) is 0.756. The van der Waals surface area contributed by atoms with Crippen molar-refractivity contribution in [3.05, 3.63) is 12.2 Å². The predicted octanol–water partition coefficient (Wildman–Crippen LogP) is 18.7. The zero-order valence-corrected chi connectivity index (χ0v) is 76.3. The maximum atomic E-state index is 14.9. The van der Waals surface area contributed by atoms with Crippen LogP contribution in [0, 0.1) is 0 Å². The first-order valence-corrected chi connectivity index (χ1v) is 50.4. The third-order valence-corrected chi connectivity index (χ3v) is 25.0. The zero-order valence-electron chi connectivity index (χ0n) is 75.4. The molecule has 10 N–H and O–H groups in total. The number of esters is 4. The minimum atomic E-state index is -5.81. The Morgan fingerprint density at radius 1 is 0.325 bits per heavy atom. The highest BCUT2D eigenvalue weighted by Gasteiger charge is 2.60. The second kappa shape index (κ2) is 73.2. The van der Waals surface area contributed by atoms with Crippen LogP contribution in [-0.2, 0) is 70.7 Å². The summed E-state index contributed by atoms with van der Waals surface area (Å²) in [7, 11) is -5.81. The van der Waals surface area contributed by atoms with Gasteiger partial charge in [-0.15, -0.1) is 0 Å². The van der Waals surface area contributed by atoms with Gasteiger partial charge in [0.1, 0.15) is 92.6 Å². The second-order valence-corrected chi connectivity index (χ2v) is 36.4. The smallest absolute Gasteiger partial charge is 0.463 e. The van der Waals surface area contributed by atoms with Crippen molar-refractivity contribution in [2.45, 2.75) is 536 Å². The highest BCUT2D eigenvalue weighted by atomic mass is 31.2. The molecule has 0 radical (unpaired) electrons. The van der Waals surface area contributed by atoms with Crippen molar-refractivity contribution in [2.24, 2.45) is 0 Å². The summed E-state index contributed by atoms with van der Waals surface area (Å²) >= 11 is 0. The number of allylic oxidation sites excluding steroid dienone is 2. The van der Waals surface area contributed by atoms with Gasteiger partial charge in [0.15, 0.2) is 24.8 Å². The highest BCUT2D eigenvalue weighted by molar-refractivity contribution is 7.47. The summed E-state index contributed by atoms with van der Waals surface area (Å²) < 4.78 is 73.6. The largest absolute Gasteiger partial charge is 0.472 e. The van der Waals surface area contributed by atoms with Crippen molar-refractivity contribution in [2.75, 3.05) is 26.4 Å². The van der Waals surface area contributed by atoms with Gasteiger partial charge in [-0.1, -0.05) is 367 Å². The van der Waals surface area contributed by atoms with Gasteiger partial charge in [0, 0.05) is 25.7 Å². The van der Waals surface area contributed by atoms with E-state index in [9.17, 15) is 74.6 Å². The Bertz CT molecular complexity index is 2530. The number of phosphoric ester groups is 1. The van der Waals surface area contributed by atoms with Crippen LogP contribution in [0.25, 0.3) is 0 Å². The van der Waals surface area contributed by atoms with Crippen molar-refractivity contribution in [3.8, 4) is 0 Å². The second-order valence-electron chi connectivity index (χ2n) is 34.9. The van der Waals surface area contributed by atoms with Gasteiger partial charge < -0.3 is 88.7 Å². The van der Waals surface area contributed by atoms with E-state index in [1.165, 1.54) is 205 Å². The van der Waals surface area contributed by atoms with Gasteiger partial charge in [0.25, 0.3) is 0 Å². The molecular weight excluding hydrogens is 1560 g/mol. The van der Waals surface area contributed by atoms with E-state index in [-0.39, 0.29) is 25.7 Å². The monoisotopic (exact) mass is 1740 g/mol. The number of carbonyl (C=O) groups is 4. The lowest BCUT2D eigenvalue weighted by molar-refractivity contribution is -0.360. The summed E-state index contributed by atoms with van der Waals surface area (Å²) in [6.07, 6.45) is 33.2. The molecule has 2 heterocycles. The van der Waals surface area contributed by atoms with Gasteiger partial charge in [0.2, 0.25) is 0 Å². The van der Waals surface area contributed by atoms with Gasteiger partial charge in [-0.25, -0.2) is 4.57 Å². The molecule has 2 saturated heterocycles. The lowest BCUT2D eigenvalue weighted by atomic mass is 9.84. The quantitative estimate of drug-likeness (QED) is 0.00889. The Labute approximate surface area is 724 Å². The molecule has 0 aromatic rings. The van der Waals surface area contributed by atoms with Crippen molar-refractivity contribution >= 4 is 31.7 Å². The van der Waals surface area contributed by atoms with Crippen LogP contribution in [0.3, 0.4) is 0 Å². The molecule has 18 unspecified atom stereocenters. The Morgan fingerprint density at radius 3 is 1.00 bits per heavy atom.